The third kappa shape index (κ3) is 21.6. The first kappa shape index (κ1) is 53.4. The van der Waals surface area contributed by atoms with Crippen LogP contribution in [0.3, 0.4) is 0 Å². The third-order valence-electron chi connectivity index (χ3n) is 10.4. The van der Waals surface area contributed by atoms with E-state index in [0.29, 0.717) is 6.42 Å². The van der Waals surface area contributed by atoms with Crippen LogP contribution in [0.15, 0.2) is 85.0 Å². The zero-order valence-corrected chi connectivity index (χ0v) is 40.8. The Morgan fingerprint density at radius 2 is 0.952 bits per heavy atom. The second-order valence-electron chi connectivity index (χ2n) is 18.2. The van der Waals surface area contributed by atoms with Crippen molar-refractivity contribution in [2.75, 3.05) is 18.6 Å². The summed E-state index contributed by atoms with van der Waals surface area (Å²) in [6.45, 7) is 11.4. The number of amides is 2. The van der Waals surface area contributed by atoms with E-state index in [1.54, 1.807) is 23.5 Å². The maximum Gasteiger partial charge on any atom is 0.411 e. The summed E-state index contributed by atoms with van der Waals surface area (Å²) in [5, 5.41) is 8.60. The Kier molecular flexibility index (Phi) is 24.4. The number of hydrogen-bond donors (Lipinski definition) is 1. The molecule has 0 radical (unpaired) electrons. The van der Waals surface area contributed by atoms with Crippen LogP contribution in [-0.2, 0) is 23.8 Å². The van der Waals surface area contributed by atoms with E-state index in [2.05, 4.69) is 53.3 Å². The number of thioether (sulfide) groups is 2. The molecule has 4 rings (SSSR count). The van der Waals surface area contributed by atoms with Gasteiger partial charge in [0.15, 0.2) is 0 Å². The molecule has 2 amide bonds. The smallest absolute Gasteiger partial charge is 0.411 e. The van der Waals surface area contributed by atoms with Crippen LogP contribution in [0.5, 0.6) is 0 Å². The molecule has 10 nitrogen and oxygen atoms in total. The highest BCUT2D eigenvalue weighted by Gasteiger charge is 2.40. The van der Waals surface area contributed by atoms with Crippen molar-refractivity contribution in [1.29, 1.82) is 0 Å². The Morgan fingerprint density at radius 1 is 0.587 bits per heavy atom. The summed E-state index contributed by atoms with van der Waals surface area (Å²) in [6, 6.07) is 20.4. The molecule has 2 saturated heterocycles. The van der Waals surface area contributed by atoms with E-state index >= 15 is 0 Å². The quantitative estimate of drug-likeness (QED) is 0.0529. The SMILES string of the molecule is CC(C)(C)OC(=O)N1[C@H](/C=C/CCCCCCCCC(=O)O)CS[C@@H]1c1ccccc1.COC(=O)CCCCCCCC/C=C/[C@@H]1CS[C@H](c2ccccc2)N1C(=O)OC(C)(C)C. The largest absolute Gasteiger partial charge is 0.481 e. The van der Waals surface area contributed by atoms with Crippen LogP contribution in [0, 0.1) is 0 Å². The number of hydrogen-bond acceptors (Lipinski definition) is 9. The fraction of sp³-hybridized carbons (Fsp3) is 0.608. The monoisotopic (exact) mass is 909 g/mol. The van der Waals surface area contributed by atoms with Gasteiger partial charge in [0, 0.05) is 24.3 Å². The summed E-state index contributed by atoms with van der Waals surface area (Å²) in [5.41, 5.74) is 1.21. The zero-order chi connectivity index (χ0) is 46.1. The Morgan fingerprint density at radius 3 is 1.32 bits per heavy atom. The molecule has 2 fully saturated rings. The molecule has 0 saturated carbocycles. The van der Waals surface area contributed by atoms with Crippen molar-refractivity contribution in [2.45, 2.75) is 178 Å². The highest BCUT2D eigenvalue weighted by molar-refractivity contribution is 8.00. The van der Waals surface area contributed by atoms with Crippen LogP contribution in [0.2, 0.25) is 0 Å². The average Bonchev–Trinajstić information content (AvgIpc) is 3.87. The number of nitrogens with zero attached hydrogens (tertiary/aromatic N) is 2. The van der Waals surface area contributed by atoms with Crippen molar-refractivity contribution in [2.24, 2.45) is 0 Å². The molecular weight excluding hydrogens is 833 g/mol. The van der Waals surface area contributed by atoms with Crippen molar-refractivity contribution < 1.29 is 38.5 Å². The topological polar surface area (TPSA) is 123 Å². The number of methoxy groups -OCH3 is 1. The van der Waals surface area contributed by atoms with Gasteiger partial charge in [0.2, 0.25) is 0 Å². The molecule has 2 aliphatic heterocycles. The standard InChI is InChI=1S/C26H39NO4S.C25H37NO4S/c1-26(2,3)31-25(29)27-22(20-32-24(27)21-16-12-11-13-17-21)18-14-9-7-5-6-8-10-15-19-23(28)30-4;1-25(2,3)30-24(29)26-21(19-31-23(26)20-15-11-10-12-16-20)17-13-8-6-4-5-7-9-14-18-22(27)28/h11-14,16-18,22,24H,5-10,15,19-20H2,1-4H3;10-13,15-17,21,23H,4-9,14,18-19H2,1-3H3,(H,27,28)/b18-14+;17-13+/t22-,24-;21-,23-/m11/s1. The number of benzene rings is 2. The lowest BCUT2D eigenvalue weighted by Crippen LogP contribution is -2.41. The third-order valence-corrected chi connectivity index (χ3v) is 13.1. The summed E-state index contributed by atoms with van der Waals surface area (Å²) >= 11 is 3.57. The summed E-state index contributed by atoms with van der Waals surface area (Å²) in [7, 11) is 1.44. The number of carboxylic acid groups (broad SMARTS) is 1. The highest BCUT2D eigenvalue weighted by atomic mass is 32.2. The molecule has 2 heterocycles. The molecule has 0 aliphatic carbocycles. The van der Waals surface area contributed by atoms with Gasteiger partial charge in [-0.2, -0.15) is 0 Å². The number of ether oxygens (including phenoxy) is 3. The van der Waals surface area contributed by atoms with E-state index in [4.69, 9.17) is 14.6 Å². The van der Waals surface area contributed by atoms with Crippen LogP contribution in [0.4, 0.5) is 9.59 Å². The van der Waals surface area contributed by atoms with Gasteiger partial charge in [-0.25, -0.2) is 9.59 Å². The highest BCUT2D eigenvalue weighted by Crippen LogP contribution is 2.44. The molecule has 2 aromatic carbocycles. The van der Waals surface area contributed by atoms with E-state index in [9.17, 15) is 19.2 Å². The van der Waals surface area contributed by atoms with Crippen LogP contribution in [0.1, 0.15) is 166 Å². The number of carbonyl (C=O) groups is 4. The number of esters is 1. The average molecular weight is 909 g/mol. The van der Waals surface area contributed by atoms with E-state index in [1.807, 2.05) is 87.7 Å². The predicted molar refractivity (Wildman–Crippen MR) is 259 cm³/mol. The van der Waals surface area contributed by atoms with Crippen LogP contribution in [-0.4, -0.2) is 80.9 Å². The normalized spacial score (nSPS) is 19.0. The Balaban J connectivity index is 0.000000335. The maximum atomic E-state index is 13.0. The van der Waals surface area contributed by atoms with Crippen molar-refractivity contribution in [3.8, 4) is 0 Å². The molecule has 12 heteroatoms. The Labute approximate surface area is 387 Å². The summed E-state index contributed by atoms with van der Waals surface area (Å²) in [4.78, 5) is 51.4. The molecule has 1 N–H and O–H groups in total. The fourth-order valence-electron chi connectivity index (χ4n) is 7.28. The Hall–Kier alpha value is -3.90. The van der Waals surface area contributed by atoms with Crippen molar-refractivity contribution in [3.63, 3.8) is 0 Å². The van der Waals surface area contributed by atoms with Gasteiger partial charge < -0.3 is 19.3 Å². The van der Waals surface area contributed by atoms with E-state index < -0.39 is 17.2 Å². The molecule has 4 atom stereocenters. The molecule has 350 valence electrons. The van der Waals surface area contributed by atoms with E-state index in [-0.39, 0.29) is 47.4 Å². The first-order valence-corrected chi connectivity index (χ1v) is 25.2. The number of allylic oxidation sites excluding steroid dienone is 2. The number of carbonyl (C=O) groups excluding carboxylic acids is 3. The zero-order valence-electron chi connectivity index (χ0n) is 39.1. The van der Waals surface area contributed by atoms with Crippen molar-refractivity contribution in [3.05, 3.63) is 96.1 Å². The van der Waals surface area contributed by atoms with Gasteiger partial charge in [-0.15, -0.1) is 23.5 Å². The fourth-order valence-corrected chi connectivity index (χ4v) is 10.1. The lowest BCUT2D eigenvalue weighted by atomic mass is 10.1. The van der Waals surface area contributed by atoms with Gasteiger partial charge in [0.05, 0.1) is 19.2 Å². The van der Waals surface area contributed by atoms with Crippen LogP contribution < -0.4 is 0 Å². The summed E-state index contributed by atoms with van der Waals surface area (Å²) in [6.07, 6.45) is 24.0. The number of carboxylic acids is 1. The number of unbranched alkanes of at least 4 members (excludes halogenated alkanes) is 12. The lowest BCUT2D eigenvalue weighted by Gasteiger charge is -2.31. The summed E-state index contributed by atoms with van der Waals surface area (Å²) < 4.78 is 16.1. The van der Waals surface area contributed by atoms with Gasteiger partial charge >= 0.3 is 24.1 Å². The maximum absolute atomic E-state index is 13.0. The molecular formula is C51H76N2O8S2. The van der Waals surface area contributed by atoms with E-state index in [0.717, 1.165) is 99.7 Å². The first-order chi connectivity index (χ1) is 30.1. The van der Waals surface area contributed by atoms with Crippen molar-refractivity contribution in [1.82, 2.24) is 9.80 Å². The second kappa shape index (κ2) is 28.8. The minimum absolute atomic E-state index is 0.0225. The first-order valence-electron chi connectivity index (χ1n) is 23.1. The molecule has 63 heavy (non-hydrogen) atoms. The van der Waals surface area contributed by atoms with Gasteiger partial charge in [-0.1, -0.05) is 136 Å². The second-order valence-corrected chi connectivity index (χ2v) is 20.5. The molecule has 0 bridgehead atoms. The number of aliphatic carboxylic acids is 1. The van der Waals surface area contributed by atoms with Crippen LogP contribution in [0.25, 0.3) is 0 Å². The van der Waals surface area contributed by atoms with Crippen molar-refractivity contribution >= 4 is 47.6 Å². The van der Waals surface area contributed by atoms with Gasteiger partial charge in [0.1, 0.15) is 21.9 Å². The minimum Gasteiger partial charge on any atom is -0.481 e. The summed E-state index contributed by atoms with van der Waals surface area (Å²) in [5.74, 6) is 0.911. The van der Waals surface area contributed by atoms with Gasteiger partial charge in [-0.05, 0) is 91.2 Å². The predicted octanol–water partition coefficient (Wildman–Crippen LogP) is 13.7. The minimum atomic E-state index is -0.704. The molecule has 2 aromatic rings. The van der Waals surface area contributed by atoms with Crippen LogP contribution >= 0.6 is 23.5 Å². The molecule has 2 aliphatic rings. The lowest BCUT2D eigenvalue weighted by molar-refractivity contribution is -0.141. The molecule has 0 unspecified atom stereocenters. The van der Waals surface area contributed by atoms with Gasteiger partial charge in [-0.3, -0.25) is 19.4 Å². The van der Waals surface area contributed by atoms with Gasteiger partial charge in [0.25, 0.3) is 0 Å². The molecule has 0 aromatic heterocycles. The number of rotatable bonds is 22. The Bertz CT molecular complexity index is 1690. The molecule has 0 spiro atoms. The van der Waals surface area contributed by atoms with E-state index in [1.165, 1.54) is 20.0 Å².